The largest absolute Gasteiger partial charge is 0.394 e. The Hall–Kier alpha value is -1.55. The SMILES string of the molecule is Cn1cnnc1SC[C@@]1(c2ccc(F)cc2F)OC[C@@H](CO)O1. The summed E-state index contributed by atoms with van der Waals surface area (Å²) < 4.78 is 40.5. The van der Waals surface area contributed by atoms with Crippen LogP contribution in [0.5, 0.6) is 0 Å². The first-order valence-corrected chi connectivity index (χ1v) is 7.87. The lowest BCUT2D eigenvalue weighted by molar-refractivity contribution is -0.163. The highest BCUT2D eigenvalue weighted by Crippen LogP contribution is 2.39. The summed E-state index contributed by atoms with van der Waals surface area (Å²) in [7, 11) is 1.78. The fraction of sp³-hybridized carbons (Fsp3) is 0.429. The molecular weight excluding hydrogens is 328 g/mol. The molecule has 1 fully saturated rings. The van der Waals surface area contributed by atoms with Crippen molar-refractivity contribution in [2.24, 2.45) is 7.05 Å². The van der Waals surface area contributed by atoms with E-state index in [1.807, 2.05) is 0 Å². The molecule has 1 aromatic heterocycles. The Morgan fingerprint density at radius 1 is 1.48 bits per heavy atom. The topological polar surface area (TPSA) is 69.4 Å². The Morgan fingerprint density at radius 3 is 2.91 bits per heavy atom. The lowest BCUT2D eigenvalue weighted by Gasteiger charge is -2.28. The summed E-state index contributed by atoms with van der Waals surface area (Å²) in [5, 5.41) is 17.6. The molecule has 0 saturated carbocycles. The van der Waals surface area contributed by atoms with Crippen LogP contribution in [-0.2, 0) is 22.3 Å². The minimum absolute atomic E-state index is 0.0875. The average Bonchev–Trinajstić information content (AvgIpc) is 3.12. The molecule has 124 valence electrons. The van der Waals surface area contributed by atoms with Crippen LogP contribution in [-0.4, -0.2) is 44.9 Å². The molecule has 0 radical (unpaired) electrons. The van der Waals surface area contributed by atoms with E-state index in [2.05, 4.69) is 10.2 Å². The van der Waals surface area contributed by atoms with Gasteiger partial charge in [-0.1, -0.05) is 11.8 Å². The summed E-state index contributed by atoms with van der Waals surface area (Å²) in [5.74, 6) is -2.68. The minimum atomic E-state index is -1.41. The van der Waals surface area contributed by atoms with Crippen LogP contribution in [0.25, 0.3) is 0 Å². The van der Waals surface area contributed by atoms with E-state index in [1.54, 1.807) is 17.9 Å². The van der Waals surface area contributed by atoms with Gasteiger partial charge in [-0.05, 0) is 12.1 Å². The molecule has 0 aliphatic carbocycles. The first-order valence-electron chi connectivity index (χ1n) is 6.89. The fourth-order valence-electron chi connectivity index (χ4n) is 2.31. The molecule has 0 amide bonds. The lowest BCUT2D eigenvalue weighted by atomic mass is 10.1. The first-order chi connectivity index (χ1) is 11.0. The zero-order chi connectivity index (χ0) is 16.4. The Kier molecular flexibility index (Phi) is 4.62. The second kappa shape index (κ2) is 6.52. The van der Waals surface area contributed by atoms with Crippen LogP contribution in [0.3, 0.4) is 0 Å². The van der Waals surface area contributed by atoms with E-state index in [1.165, 1.54) is 17.8 Å². The lowest BCUT2D eigenvalue weighted by Crippen LogP contribution is -2.33. The number of halogens is 2. The van der Waals surface area contributed by atoms with Gasteiger partial charge >= 0.3 is 0 Å². The summed E-state index contributed by atoms with van der Waals surface area (Å²) >= 11 is 1.27. The van der Waals surface area contributed by atoms with E-state index in [0.717, 1.165) is 12.1 Å². The van der Waals surface area contributed by atoms with Crippen LogP contribution in [0.2, 0.25) is 0 Å². The highest BCUT2D eigenvalue weighted by atomic mass is 32.2. The minimum Gasteiger partial charge on any atom is -0.394 e. The quantitative estimate of drug-likeness (QED) is 0.829. The van der Waals surface area contributed by atoms with Crippen LogP contribution in [0.1, 0.15) is 5.56 Å². The van der Waals surface area contributed by atoms with Gasteiger partial charge in [0.2, 0.25) is 5.79 Å². The van der Waals surface area contributed by atoms with Gasteiger partial charge in [-0.2, -0.15) is 0 Å². The molecule has 1 saturated heterocycles. The molecule has 3 rings (SSSR count). The fourth-order valence-corrected chi connectivity index (χ4v) is 3.29. The van der Waals surface area contributed by atoms with E-state index in [-0.39, 0.29) is 24.5 Å². The van der Waals surface area contributed by atoms with Gasteiger partial charge in [0, 0.05) is 18.7 Å². The van der Waals surface area contributed by atoms with Gasteiger partial charge in [-0.25, -0.2) is 8.78 Å². The van der Waals surface area contributed by atoms with E-state index >= 15 is 0 Å². The van der Waals surface area contributed by atoms with Crippen molar-refractivity contribution in [3.05, 3.63) is 41.7 Å². The van der Waals surface area contributed by atoms with E-state index < -0.39 is 23.5 Å². The maximum Gasteiger partial charge on any atom is 0.208 e. The van der Waals surface area contributed by atoms with E-state index in [4.69, 9.17) is 9.47 Å². The number of ether oxygens (including phenoxy) is 2. The zero-order valence-corrected chi connectivity index (χ0v) is 13.1. The number of benzene rings is 1. The Bertz CT molecular complexity index is 700. The molecule has 1 aliphatic rings. The van der Waals surface area contributed by atoms with Gasteiger partial charge in [-0.3, -0.25) is 0 Å². The van der Waals surface area contributed by atoms with Crippen LogP contribution in [0.15, 0.2) is 29.7 Å². The number of hydrogen-bond donors (Lipinski definition) is 1. The van der Waals surface area contributed by atoms with Gasteiger partial charge in [0.15, 0.2) is 5.16 Å². The average molecular weight is 343 g/mol. The number of thioether (sulfide) groups is 1. The molecule has 6 nitrogen and oxygen atoms in total. The third-order valence-corrected chi connectivity index (χ3v) is 4.62. The van der Waals surface area contributed by atoms with E-state index in [9.17, 15) is 13.9 Å². The molecule has 0 unspecified atom stereocenters. The number of aryl methyl sites for hydroxylation is 1. The Morgan fingerprint density at radius 2 is 2.30 bits per heavy atom. The monoisotopic (exact) mass is 343 g/mol. The van der Waals surface area contributed by atoms with Crippen molar-refractivity contribution < 1.29 is 23.4 Å². The van der Waals surface area contributed by atoms with Crippen molar-refractivity contribution in [1.29, 1.82) is 0 Å². The van der Waals surface area contributed by atoms with Crippen molar-refractivity contribution in [2.75, 3.05) is 19.0 Å². The maximum atomic E-state index is 14.2. The molecule has 2 aromatic rings. The second-order valence-electron chi connectivity index (χ2n) is 5.12. The normalized spacial score (nSPS) is 24.3. The summed E-state index contributed by atoms with van der Waals surface area (Å²) in [4.78, 5) is 0. The van der Waals surface area contributed by atoms with Crippen LogP contribution in [0.4, 0.5) is 8.78 Å². The third kappa shape index (κ3) is 3.23. The van der Waals surface area contributed by atoms with Crippen LogP contribution < -0.4 is 0 Å². The van der Waals surface area contributed by atoms with Crippen LogP contribution in [0, 0.1) is 11.6 Å². The van der Waals surface area contributed by atoms with Gasteiger partial charge in [-0.15, -0.1) is 10.2 Å². The number of aliphatic hydroxyl groups excluding tert-OH is 1. The third-order valence-electron chi connectivity index (χ3n) is 3.47. The van der Waals surface area contributed by atoms with Gasteiger partial charge in [0.25, 0.3) is 0 Å². The number of aliphatic hydroxyl groups is 1. The van der Waals surface area contributed by atoms with Crippen molar-refractivity contribution in [3.63, 3.8) is 0 Å². The summed E-state index contributed by atoms with van der Waals surface area (Å²) in [5.41, 5.74) is 0.0875. The molecule has 0 bridgehead atoms. The Balaban J connectivity index is 1.90. The van der Waals surface area contributed by atoms with Crippen LogP contribution >= 0.6 is 11.8 Å². The maximum absolute atomic E-state index is 14.2. The summed E-state index contributed by atoms with van der Waals surface area (Å²) in [6.45, 7) is -0.133. The molecule has 1 aliphatic heterocycles. The van der Waals surface area contributed by atoms with Gasteiger partial charge < -0.3 is 19.1 Å². The van der Waals surface area contributed by atoms with Crippen molar-refractivity contribution in [3.8, 4) is 0 Å². The molecule has 23 heavy (non-hydrogen) atoms. The van der Waals surface area contributed by atoms with Gasteiger partial charge in [0.1, 0.15) is 24.1 Å². The Labute approximate surface area is 135 Å². The smallest absolute Gasteiger partial charge is 0.208 e. The predicted octanol–water partition coefficient (Wildman–Crippen LogP) is 1.45. The van der Waals surface area contributed by atoms with Crippen molar-refractivity contribution >= 4 is 11.8 Å². The zero-order valence-electron chi connectivity index (χ0n) is 12.3. The van der Waals surface area contributed by atoms with Crippen molar-refractivity contribution in [1.82, 2.24) is 14.8 Å². The van der Waals surface area contributed by atoms with E-state index in [0.29, 0.717) is 5.16 Å². The molecule has 2 atom stereocenters. The molecule has 2 heterocycles. The first kappa shape index (κ1) is 16.3. The number of nitrogens with zero attached hydrogens (tertiary/aromatic N) is 3. The van der Waals surface area contributed by atoms with Crippen molar-refractivity contribution in [2.45, 2.75) is 17.0 Å². The number of hydrogen-bond acceptors (Lipinski definition) is 6. The standard InChI is InChI=1S/C14H15F2N3O3S/c1-19-8-17-18-13(19)23-7-14(21-6-10(5-20)22-14)11-3-2-9(15)4-12(11)16/h2-4,8,10,20H,5-7H2,1H3/t10-,14-/m1/s1. The molecular formula is C14H15F2N3O3S. The molecule has 0 spiro atoms. The number of aromatic nitrogens is 3. The van der Waals surface area contributed by atoms with Gasteiger partial charge in [0.05, 0.1) is 19.0 Å². The predicted molar refractivity (Wildman–Crippen MR) is 77.7 cm³/mol. The molecule has 9 heteroatoms. The molecule has 1 N–H and O–H groups in total. The summed E-state index contributed by atoms with van der Waals surface area (Å²) in [6.07, 6.45) is 0.972. The number of rotatable bonds is 5. The molecule has 1 aromatic carbocycles. The summed E-state index contributed by atoms with van der Waals surface area (Å²) in [6, 6.07) is 3.22. The second-order valence-corrected chi connectivity index (χ2v) is 6.07. The highest BCUT2D eigenvalue weighted by Gasteiger charge is 2.45. The highest BCUT2D eigenvalue weighted by molar-refractivity contribution is 7.99.